The molecule has 3 heterocycles. The van der Waals surface area contributed by atoms with Crippen LogP contribution in [0.1, 0.15) is 57.2 Å². The van der Waals surface area contributed by atoms with Gasteiger partial charge < -0.3 is 9.84 Å². The number of aliphatic hydroxyl groups excluding tert-OH is 1. The van der Waals surface area contributed by atoms with Gasteiger partial charge in [-0.05, 0) is 61.4 Å². The van der Waals surface area contributed by atoms with E-state index in [4.69, 9.17) is 4.74 Å². The van der Waals surface area contributed by atoms with Crippen LogP contribution in [0.2, 0.25) is 0 Å². The molecule has 1 aromatic heterocycles. The fourth-order valence-corrected chi connectivity index (χ4v) is 4.96. The van der Waals surface area contributed by atoms with Gasteiger partial charge in [0.05, 0.1) is 12.6 Å². The van der Waals surface area contributed by atoms with Gasteiger partial charge in [-0.1, -0.05) is 12.8 Å². The Morgan fingerprint density at radius 2 is 1.88 bits per heavy atom. The SMILES string of the molecule is O[C@@H]1CCCC[C@H]1[C@@H]1CCCN1Cc1nnnn1CC1CCOCC1. The summed E-state index contributed by atoms with van der Waals surface area (Å²) in [6, 6.07) is 0.489. The number of ether oxygens (including phenoxy) is 1. The van der Waals surface area contributed by atoms with Crippen LogP contribution in [-0.4, -0.2) is 62.1 Å². The lowest BCUT2D eigenvalue weighted by atomic mass is 9.80. The molecule has 0 radical (unpaired) electrons. The number of hydrogen-bond donors (Lipinski definition) is 1. The van der Waals surface area contributed by atoms with E-state index in [-0.39, 0.29) is 6.10 Å². The Kier molecular flexibility index (Phi) is 5.63. The number of likely N-dealkylation sites (tertiary alicyclic amines) is 1. The first-order valence-corrected chi connectivity index (χ1v) is 10.1. The molecule has 140 valence electrons. The molecule has 3 aliphatic rings. The van der Waals surface area contributed by atoms with E-state index in [0.717, 1.165) is 64.4 Å². The van der Waals surface area contributed by atoms with Crippen molar-refractivity contribution in [2.24, 2.45) is 11.8 Å². The summed E-state index contributed by atoms with van der Waals surface area (Å²) in [5.74, 6) is 2.02. The first-order chi connectivity index (χ1) is 12.3. The molecule has 7 nitrogen and oxygen atoms in total. The summed E-state index contributed by atoms with van der Waals surface area (Å²) in [5.41, 5.74) is 0. The third-order valence-electron chi connectivity index (χ3n) is 6.41. The van der Waals surface area contributed by atoms with E-state index in [9.17, 15) is 5.11 Å². The highest BCUT2D eigenvalue weighted by Crippen LogP contribution is 2.35. The second-order valence-electron chi connectivity index (χ2n) is 8.03. The van der Waals surface area contributed by atoms with Gasteiger partial charge in [-0.2, -0.15) is 0 Å². The Morgan fingerprint density at radius 3 is 2.72 bits per heavy atom. The molecule has 0 amide bonds. The highest BCUT2D eigenvalue weighted by molar-refractivity contribution is 4.93. The zero-order valence-corrected chi connectivity index (χ0v) is 15.1. The summed E-state index contributed by atoms with van der Waals surface area (Å²) in [7, 11) is 0. The average Bonchev–Trinajstić information content (AvgIpc) is 3.27. The molecule has 3 atom stereocenters. The van der Waals surface area contributed by atoms with Crippen molar-refractivity contribution in [3.05, 3.63) is 5.82 Å². The van der Waals surface area contributed by atoms with E-state index in [1.807, 2.05) is 4.68 Å². The van der Waals surface area contributed by atoms with Gasteiger partial charge in [0.1, 0.15) is 0 Å². The smallest absolute Gasteiger partial charge is 0.165 e. The lowest BCUT2D eigenvalue weighted by Gasteiger charge is -2.37. The first-order valence-electron chi connectivity index (χ1n) is 10.1. The zero-order valence-electron chi connectivity index (χ0n) is 15.1. The van der Waals surface area contributed by atoms with Gasteiger partial charge >= 0.3 is 0 Å². The van der Waals surface area contributed by atoms with Crippen LogP contribution >= 0.6 is 0 Å². The minimum Gasteiger partial charge on any atom is -0.393 e. The molecule has 0 unspecified atom stereocenters. The van der Waals surface area contributed by atoms with Crippen molar-refractivity contribution >= 4 is 0 Å². The van der Waals surface area contributed by atoms with Crippen molar-refractivity contribution in [3.8, 4) is 0 Å². The molecule has 25 heavy (non-hydrogen) atoms. The molecule has 2 saturated heterocycles. The number of aromatic nitrogens is 4. The Morgan fingerprint density at radius 1 is 1.04 bits per heavy atom. The molecule has 3 fully saturated rings. The largest absolute Gasteiger partial charge is 0.393 e. The molecule has 1 aliphatic carbocycles. The topological polar surface area (TPSA) is 76.3 Å². The van der Waals surface area contributed by atoms with E-state index in [0.29, 0.717) is 17.9 Å². The standard InChI is InChI=1S/C18H31N5O2/c24-17-6-2-1-4-15(17)16-5-3-9-22(16)13-18-19-20-21-23(18)12-14-7-10-25-11-8-14/h14-17,24H,1-13H2/t15-,16-,17+/m0/s1. The average molecular weight is 349 g/mol. The summed E-state index contributed by atoms with van der Waals surface area (Å²) in [6.45, 7) is 4.52. The maximum atomic E-state index is 10.5. The predicted octanol–water partition coefficient (Wildman–Crippen LogP) is 1.62. The Hall–Kier alpha value is -1.05. The van der Waals surface area contributed by atoms with Gasteiger partial charge in [0.15, 0.2) is 5.82 Å². The molecule has 0 spiro atoms. The molecule has 7 heteroatoms. The van der Waals surface area contributed by atoms with Crippen LogP contribution in [0.15, 0.2) is 0 Å². The molecular formula is C18H31N5O2. The van der Waals surface area contributed by atoms with Crippen molar-refractivity contribution in [2.45, 2.75) is 76.6 Å². The number of rotatable bonds is 5. The van der Waals surface area contributed by atoms with Crippen molar-refractivity contribution in [2.75, 3.05) is 19.8 Å². The molecule has 1 N–H and O–H groups in total. The lowest BCUT2D eigenvalue weighted by molar-refractivity contribution is 0.0189. The number of hydrogen-bond acceptors (Lipinski definition) is 6. The van der Waals surface area contributed by atoms with Gasteiger partial charge in [0.25, 0.3) is 0 Å². The van der Waals surface area contributed by atoms with E-state index < -0.39 is 0 Å². The minimum absolute atomic E-state index is 0.127. The van der Waals surface area contributed by atoms with Gasteiger partial charge in [-0.25, -0.2) is 4.68 Å². The van der Waals surface area contributed by atoms with Crippen LogP contribution in [0.4, 0.5) is 0 Å². The van der Waals surface area contributed by atoms with E-state index >= 15 is 0 Å². The van der Waals surface area contributed by atoms with Crippen molar-refractivity contribution in [1.82, 2.24) is 25.1 Å². The Labute approximate surface area is 149 Å². The number of tetrazole rings is 1. The summed E-state index contributed by atoms with van der Waals surface area (Å²) < 4.78 is 7.46. The highest BCUT2D eigenvalue weighted by atomic mass is 16.5. The maximum Gasteiger partial charge on any atom is 0.165 e. The number of aliphatic hydroxyl groups is 1. The molecule has 1 aromatic rings. The highest BCUT2D eigenvalue weighted by Gasteiger charge is 2.37. The molecular weight excluding hydrogens is 318 g/mol. The van der Waals surface area contributed by atoms with Gasteiger partial charge in [0.2, 0.25) is 0 Å². The monoisotopic (exact) mass is 349 g/mol. The van der Waals surface area contributed by atoms with Gasteiger partial charge in [-0.3, -0.25) is 4.90 Å². The normalized spacial score (nSPS) is 32.3. The second kappa shape index (κ2) is 8.10. The summed E-state index contributed by atoms with van der Waals surface area (Å²) in [6.07, 6.45) is 9.05. The Balaban J connectivity index is 1.40. The second-order valence-corrected chi connectivity index (χ2v) is 8.03. The van der Waals surface area contributed by atoms with Crippen LogP contribution in [0, 0.1) is 11.8 Å². The van der Waals surface area contributed by atoms with Crippen LogP contribution in [-0.2, 0) is 17.8 Å². The van der Waals surface area contributed by atoms with Crippen LogP contribution < -0.4 is 0 Å². The summed E-state index contributed by atoms with van der Waals surface area (Å²) in [4.78, 5) is 2.52. The lowest BCUT2D eigenvalue weighted by Crippen LogP contribution is -2.42. The van der Waals surface area contributed by atoms with E-state index in [2.05, 4.69) is 20.4 Å². The molecule has 2 aliphatic heterocycles. The van der Waals surface area contributed by atoms with E-state index in [1.54, 1.807) is 0 Å². The number of nitrogens with zero attached hydrogens (tertiary/aromatic N) is 5. The quantitative estimate of drug-likeness (QED) is 0.870. The van der Waals surface area contributed by atoms with Crippen LogP contribution in [0.25, 0.3) is 0 Å². The minimum atomic E-state index is -0.127. The third kappa shape index (κ3) is 4.04. The third-order valence-corrected chi connectivity index (χ3v) is 6.41. The van der Waals surface area contributed by atoms with Gasteiger partial charge in [-0.15, -0.1) is 5.10 Å². The molecule has 0 aromatic carbocycles. The van der Waals surface area contributed by atoms with Gasteiger partial charge in [0, 0.05) is 31.7 Å². The Bertz CT molecular complexity index is 545. The van der Waals surface area contributed by atoms with E-state index in [1.165, 1.54) is 25.7 Å². The van der Waals surface area contributed by atoms with Crippen molar-refractivity contribution in [3.63, 3.8) is 0 Å². The molecule has 0 bridgehead atoms. The van der Waals surface area contributed by atoms with Crippen LogP contribution in [0.3, 0.4) is 0 Å². The first kappa shape index (κ1) is 17.4. The summed E-state index contributed by atoms with van der Waals surface area (Å²) >= 11 is 0. The van der Waals surface area contributed by atoms with Crippen LogP contribution in [0.5, 0.6) is 0 Å². The predicted molar refractivity (Wildman–Crippen MR) is 92.8 cm³/mol. The fraction of sp³-hybridized carbons (Fsp3) is 0.944. The van der Waals surface area contributed by atoms with Crippen molar-refractivity contribution in [1.29, 1.82) is 0 Å². The molecule has 1 saturated carbocycles. The summed E-state index contributed by atoms with van der Waals surface area (Å²) in [5, 5.41) is 23.0. The maximum absolute atomic E-state index is 10.5. The van der Waals surface area contributed by atoms with Crippen molar-refractivity contribution < 1.29 is 9.84 Å². The zero-order chi connectivity index (χ0) is 17.1. The fourth-order valence-electron chi connectivity index (χ4n) is 4.96. The molecule has 4 rings (SSSR count).